The minimum Gasteiger partial charge on any atom is -0.724 e. The van der Waals surface area contributed by atoms with Crippen LogP contribution in [0.4, 0.5) is 10.8 Å². The van der Waals surface area contributed by atoms with E-state index in [0.717, 1.165) is 23.4 Å². The fraction of sp³-hybridized carbons (Fsp3) is 0.375. The molecule has 1 aliphatic heterocycles. The minimum absolute atomic E-state index is 0.115. The van der Waals surface area contributed by atoms with Crippen molar-refractivity contribution in [1.82, 2.24) is 14.4 Å². The number of nitrogens with one attached hydrogen (secondary N) is 1. The molecule has 0 aliphatic carbocycles. The molecule has 0 saturated carbocycles. The second-order valence-electron chi connectivity index (χ2n) is 6.01. The van der Waals surface area contributed by atoms with Gasteiger partial charge in [-0.05, 0) is 12.0 Å². The number of rotatable bonds is 5. The highest BCUT2D eigenvalue weighted by atomic mass is 32.2. The van der Waals surface area contributed by atoms with Crippen molar-refractivity contribution < 1.29 is 18.8 Å². The lowest BCUT2D eigenvalue weighted by Gasteiger charge is -2.44. The molecule has 1 fully saturated rings. The van der Waals surface area contributed by atoms with E-state index in [-0.39, 0.29) is 3.89 Å². The van der Waals surface area contributed by atoms with Crippen LogP contribution in [0, 0.1) is 0 Å². The van der Waals surface area contributed by atoms with Crippen molar-refractivity contribution >= 4 is 39.3 Å². The quantitative estimate of drug-likeness (QED) is 0.343. The molecule has 2 N–H and O–H groups in total. The van der Waals surface area contributed by atoms with E-state index in [4.69, 9.17) is 5.21 Å². The largest absolute Gasteiger partial charge is 0.724 e. The van der Waals surface area contributed by atoms with E-state index < -0.39 is 17.2 Å². The molecule has 0 bridgehead atoms. The first-order chi connectivity index (χ1) is 12.5. The lowest BCUT2D eigenvalue weighted by atomic mass is 10.1. The Morgan fingerprint density at radius 3 is 2.58 bits per heavy atom. The molecule has 1 aliphatic rings. The summed E-state index contributed by atoms with van der Waals surface area (Å²) >= 11 is -1.14. The molecule has 1 unspecified atom stereocenters. The smallest absolute Gasteiger partial charge is 0.286 e. The molecule has 8 nitrogen and oxygen atoms in total. The maximum atomic E-state index is 12.1. The molecule has 1 aromatic heterocycles. The Morgan fingerprint density at radius 1 is 1.38 bits per heavy atom. The molecule has 1 amide bonds. The van der Waals surface area contributed by atoms with Crippen molar-refractivity contribution in [2.24, 2.45) is 0 Å². The van der Waals surface area contributed by atoms with Gasteiger partial charge in [0.2, 0.25) is 0 Å². The molecule has 3 rings (SSSR count). The van der Waals surface area contributed by atoms with Crippen LogP contribution < -0.4 is 14.3 Å². The number of hydrogen-bond donors (Lipinski definition) is 2. The second-order valence-corrected chi connectivity index (χ2v) is 8.15. The van der Waals surface area contributed by atoms with Crippen LogP contribution in [0.5, 0.6) is 0 Å². The zero-order valence-corrected chi connectivity index (χ0v) is 15.9. The fourth-order valence-electron chi connectivity index (χ4n) is 3.05. The number of hydrogen-bond acceptors (Lipinski definition) is 7. The standard InChI is InChI=1S/C16H20N4O4S2/c1-2-12-3-5-13(6-4-12)20(26(23)24)9-7-19(8-10-20)16-17-11-14(25-16)15(21)18-22/h3-6,11H,2,7-10H2,1H3,(H2-,18,21,22,23,24). The number of anilines is 1. The summed E-state index contributed by atoms with van der Waals surface area (Å²) in [6.07, 6.45) is 2.31. The van der Waals surface area contributed by atoms with Gasteiger partial charge in [0.1, 0.15) is 23.7 Å². The number of amides is 1. The Labute approximate surface area is 158 Å². The summed E-state index contributed by atoms with van der Waals surface area (Å²) in [5.41, 5.74) is 3.51. The summed E-state index contributed by atoms with van der Waals surface area (Å²) < 4.78 is 24.0. The predicted molar refractivity (Wildman–Crippen MR) is 99.8 cm³/mol. The molecule has 0 radical (unpaired) electrons. The zero-order chi connectivity index (χ0) is 18.7. The number of nitrogens with zero attached hydrogens (tertiary/aromatic N) is 3. The van der Waals surface area contributed by atoms with Gasteiger partial charge in [-0.2, -0.15) is 0 Å². The molecular weight excluding hydrogens is 376 g/mol. The summed E-state index contributed by atoms with van der Waals surface area (Å²) in [6.45, 7) is 3.84. The summed E-state index contributed by atoms with van der Waals surface area (Å²) in [7, 11) is 0. The van der Waals surface area contributed by atoms with E-state index in [0.29, 0.717) is 36.2 Å². The van der Waals surface area contributed by atoms with Crippen LogP contribution in [0.1, 0.15) is 22.2 Å². The molecule has 1 aromatic carbocycles. The van der Waals surface area contributed by atoms with Crippen LogP contribution in [0.2, 0.25) is 0 Å². The van der Waals surface area contributed by atoms with Gasteiger partial charge in [0.25, 0.3) is 5.91 Å². The number of carbonyl (C=O) groups excluding carboxylic acids is 1. The van der Waals surface area contributed by atoms with Gasteiger partial charge < -0.3 is 9.45 Å². The molecule has 10 heteroatoms. The van der Waals surface area contributed by atoms with Gasteiger partial charge in [-0.3, -0.25) is 10.0 Å². The van der Waals surface area contributed by atoms with Gasteiger partial charge in [-0.25, -0.2) is 18.6 Å². The van der Waals surface area contributed by atoms with E-state index in [2.05, 4.69) is 11.9 Å². The van der Waals surface area contributed by atoms with Crippen molar-refractivity contribution in [3.8, 4) is 0 Å². The van der Waals surface area contributed by atoms with Crippen LogP contribution in [-0.4, -0.2) is 51.0 Å². The maximum Gasteiger partial charge on any atom is 0.286 e. The van der Waals surface area contributed by atoms with Crippen molar-refractivity contribution in [1.29, 1.82) is 0 Å². The Kier molecular flexibility index (Phi) is 5.68. The number of aryl methyl sites for hydroxylation is 1. The first-order valence-corrected chi connectivity index (χ1v) is 10.1. The third kappa shape index (κ3) is 3.51. The molecule has 0 spiro atoms. The third-order valence-corrected chi connectivity index (χ3v) is 6.86. The molecule has 1 saturated heterocycles. The van der Waals surface area contributed by atoms with Crippen molar-refractivity contribution in [3.63, 3.8) is 0 Å². The van der Waals surface area contributed by atoms with E-state index in [1.807, 2.05) is 29.2 Å². The van der Waals surface area contributed by atoms with E-state index in [9.17, 15) is 13.6 Å². The van der Waals surface area contributed by atoms with E-state index >= 15 is 0 Å². The highest BCUT2D eigenvalue weighted by molar-refractivity contribution is 7.78. The number of aromatic nitrogens is 1. The predicted octanol–water partition coefficient (Wildman–Crippen LogP) is 1.45. The van der Waals surface area contributed by atoms with E-state index in [1.165, 1.54) is 11.8 Å². The number of piperazine rings is 1. The van der Waals surface area contributed by atoms with Crippen LogP contribution in [0.15, 0.2) is 30.5 Å². The second kappa shape index (κ2) is 7.80. The summed E-state index contributed by atoms with van der Waals surface area (Å²) in [6, 6.07) is 7.71. The third-order valence-electron chi connectivity index (χ3n) is 4.65. The topological polar surface area (TPSA) is 106 Å². The first-order valence-electron chi connectivity index (χ1n) is 8.22. The van der Waals surface area contributed by atoms with Gasteiger partial charge >= 0.3 is 0 Å². The average molecular weight is 396 g/mol. The summed E-state index contributed by atoms with van der Waals surface area (Å²) in [5.74, 6) is -0.604. The number of benzene rings is 1. The van der Waals surface area contributed by atoms with Crippen LogP contribution in [0.25, 0.3) is 0 Å². The van der Waals surface area contributed by atoms with Gasteiger partial charge in [0.15, 0.2) is 16.4 Å². The Morgan fingerprint density at radius 2 is 2.04 bits per heavy atom. The first kappa shape index (κ1) is 18.9. The zero-order valence-electron chi connectivity index (χ0n) is 14.3. The van der Waals surface area contributed by atoms with E-state index in [1.54, 1.807) is 5.48 Å². The van der Waals surface area contributed by atoms with Crippen LogP contribution in [0.3, 0.4) is 0 Å². The van der Waals surface area contributed by atoms with Crippen molar-refractivity contribution in [3.05, 3.63) is 40.9 Å². The molecule has 2 aromatic rings. The number of thiazole rings is 1. The highest BCUT2D eigenvalue weighted by Crippen LogP contribution is 2.31. The van der Waals surface area contributed by atoms with Gasteiger partial charge in [0, 0.05) is 12.1 Å². The number of carbonyl (C=O) groups is 1. The SMILES string of the molecule is CCc1ccc([N+]2(S(=O)[O-])CCN(c3ncc(C(=O)NO)s3)CC2)cc1. The van der Waals surface area contributed by atoms with Gasteiger partial charge in [-0.15, -0.1) is 0 Å². The molecule has 26 heavy (non-hydrogen) atoms. The van der Waals surface area contributed by atoms with Crippen molar-refractivity contribution in [2.45, 2.75) is 13.3 Å². The lowest BCUT2D eigenvalue weighted by molar-refractivity contribution is 0.0710. The van der Waals surface area contributed by atoms with Gasteiger partial charge in [-0.1, -0.05) is 30.4 Å². The Bertz CT molecular complexity index is 801. The summed E-state index contributed by atoms with van der Waals surface area (Å²) in [5, 5.41) is 9.33. The van der Waals surface area contributed by atoms with Crippen LogP contribution >= 0.6 is 11.3 Å². The Balaban J connectivity index is 1.78. The van der Waals surface area contributed by atoms with Gasteiger partial charge in [0.05, 0.1) is 19.3 Å². The fourth-order valence-corrected chi connectivity index (χ4v) is 4.66. The number of quaternary nitrogens is 1. The molecule has 2 heterocycles. The molecule has 1 atom stereocenters. The maximum absolute atomic E-state index is 12.1. The Hall–Kier alpha value is -1.85. The lowest BCUT2D eigenvalue weighted by Crippen LogP contribution is -2.61. The van der Waals surface area contributed by atoms with Crippen LogP contribution in [-0.2, 0) is 17.7 Å². The number of hydroxylamine groups is 1. The molecule has 140 valence electrons. The average Bonchev–Trinajstić information content (AvgIpc) is 3.17. The highest BCUT2D eigenvalue weighted by Gasteiger charge is 2.38. The summed E-state index contributed by atoms with van der Waals surface area (Å²) in [4.78, 5) is 17.9. The van der Waals surface area contributed by atoms with Crippen molar-refractivity contribution in [2.75, 3.05) is 31.1 Å². The molecular formula is C16H20N4O4S2. The normalized spacial score (nSPS) is 17.7. The minimum atomic E-state index is -2.30. The monoisotopic (exact) mass is 396 g/mol.